The number of carbonyl (C=O) groups excluding carboxylic acids is 1. The number of alkyl halides is 3. The first-order valence-corrected chi connectivity index (χ1v) is 9.77. The highest BCUT2D eigenvalue weighted by atomic mass is 19.4. The lowest BCUT2D eigenvalue weighted by molar-refractivity contribution is -0.137. The number of carbonyl (C=O) groups is 1. The van der Waals surface area contributed by atoms with Gasteiger partial charge in [-0.1, -0.05) is 42.5 Å². The molecule has 3 aromatic carbocycles. The van der Waals surface area contributed by atoms with Crippen LogP contribution in [0.2, 0.25) is 0 Å². The van der Waals surface area contributed by atoms with Crippen LogP contribution in [0.25, 0.3) is 0 Å². The van der Waals surface area contributed by atoms with Crippen LogP contribution >= 0.6 is 0 Å². The molecule has 0 radical (unpaired) electrons. The van der Waals surface area contributed by atoms with E-state index in [0.717, 1.165) is 12.1 Å². The molecule has 7 heteroatoms. The molecule has 0 atom stereocenters. The number of para-hydroxylation sites is 2. The molecule has 0 spiro atoms. The maximum absolute atomic E-state index is 14.0. The number of aromatic nitrogens is 1. The third-order valence-corrected chi connectivity index (χ3v) is 4.76. The summed E-state index contributed by atoms with van der Waals surface area (Å²) in [5, 5.41) is 0. The summed E-state index contributed by atoms with van der Waals surface area (Å²) >= 11 is 0. The van der Waals surface area contributed by atoms with Gasteiger partial charge >= 0.3 is 12.2 Å². The number of nitrogens with zero attached hydrogens (tertiary/aromatic N) is 3. The molecule has 32 heavy (non-hydrogen) atoms. The van der Waals surface area contributed by atoms with Gasteiger partial charge < -0.3 is 0 Å². The first-order chi connectivity index (χ1) is 15.4. The maximum atomic E-state index is 14.0. The van der Waals surface area contributed by atoms with Crippen molar-refractivity contribution < 1.29 is 18.0 Å². The van der Waals surface area contributed by atoms with Crippen LogP contribution in [0.1, 0.15) is 5.56 Å². The summed E-state index contributed by atoms with van der Waals surface area (Å²) in [7, 11) is 0. The van der Waals surface area contributed by atoms with Crippen molar-refractivity contribution in [3.63, 3.8) is 0 Å². The smallest absolute Gasteiger partial charge is 0.265 e. The molecule has 2 amide bonds. The van der Waals surface area contributed by atoms with Crippen LogP contribution in [0.3, 0.4) is 0 Å². The van der Waals surface area contributed by atoms with Gasteiger partial charge in [-0.25, -0.2) is 4.79 Å². The standard InChI is InChI=1S/C25H18F3N3O/c26-25(27,28)19-8-7-13-23(18-19)31(22-14-16-29-17-15-22)24(32)30(20-9-3-1-4-10-20)21-11-5-2-6-12-21/h1-18H. The molecule has 1 aromatic heterocycles. The van der Waals surface area contributed by atoms with Gasteiger partial charge in [0.15, 0.2) is 0 Å². The molecule has 0 aliphatic rings. The number of amides is 2. The molecular weight excluding hydrogens is 415 g/mol. The Bertz CT molecular complexity index is 1140. The average molecular weight is 433 g/mol. The Kier molecular flexibility index (Phi) is 5.89. The number of pyridine rings is 1. The monoisotopic (exact) mass is 433 g/mol. The van der Waals surface area contributed by atoms with Crippen molar-refractivity contribution in [2.24, 2.45) is 0 Å². The van der Waals surface area contributed by atoms with Crippen molar-refractivity contribution in [2.45, 2.75) is 6.18 Å². The third kappa shape index (κ3) is 4.46. The van der Waals surface area contributed by atoms with Gasteiger partial charge in [0.25, 0.3) is 0 Å². The fraction of sp³-hybridized carbons (Fsp3) is 0.0400. The molecule has 0 fully saturated rings. The van der Waals surface area contributed by atoms with E-state index in [-0.39, 0.29) is 5.69 Å². The lowest BCUT2D eigenvalue weighted by Crippen LogP contribution is -2.38. The molecule has 1 heterocycles. The van der Waals surface area contributed by atoms with Crippen molar-refractivity contribution in [3.8, 4) is 0 Å². The minimum atomic E-state index is -4.54. The van der Waals surface area contributed by atoms with E-state index in [4.69, 9.17) is 0 Å². The molecule has 4 aromatic rings. The first kappa shape index (κ1) is 21.1. The van der Waals surface area contributed by atoms with Gasteiger partial charge in [-0.3, -0.25) is 14.8 Å². The largest absolute Gasteiger partial charge is 0.416 e. The van der Waals surface area contributed by atoms with Gasteiger partial charge in [0, 0.05) is 12.4 Å². The van der Waals surface area contributed by atoms with E-state index in [1.54, 1.807) is 60.7 Å². The summed E-state index contributed by atoms with van der Waals surface area (Å²) in [6, 6.07) is 25.2. The third-order valence-electron chi connectivity index (χ3n) is 4.76. The van der Waals surface area contributed by atoms with Gasteiger partial charge in [0.2, 0.25) is 0 Å². The quantitative estimate of drug-likeness (QED) is 0.341. The predicted octanol–water partition coefficient (Wildman–Crippen LogP) is 7.20. The molecule has 0 aliphatic carbocycles. The second-order valence-electron chi connectivity index (χ2n) is 6.88. The molecule has 0 saturated carbocycles. The van der Waals surface area contributed by atoms with Crippen molar-refractivity contribution in [3.05, 3.63) is 115 Å². The number of anilines is 4. The van der Waals surface area contributed by atoms with Crippen LogP contribution in [0.15, 0.2) is 109 Å². The average Bonchev–Trinajstić information content (AvgIpc) is 2.81. The summed E-state index contributed by atoms with van der Waals surface area (Å²) in [6.07, 6.45) is -1.57. The predicted molar refractivity (Wildman–Crippen MR) is 118 cm³/mol. The Morgan fingerprint density at radius 1 is 0.625 bits per heavy atom. The second kappa shape index (κ2) is 8.93. The molecular formula is C25H18F3N3O. The molecule has 160 valence electrons. The molecule has 0 bridgehead atoms. The number of halogens is 3. The van der Waals surface area contributed by atoms with Crippen LogP contribution in [0, 0.1) is 0 Å². The molecule has 4 nitrogen and oxygen atoms in total. The van der Waals surface area contributed by atoms with E-state index in [2.05, 4.69) is 4.98 Å². The van der Waals surface area contributed by atoms with Gasteiger partial charge in [-0.05, 0) is 54.6 Å². The number of hydrogen-bond acceptors (Lipinski definition) is 2. The number of rotatable bonds is 4. The Morgan fingerprint density at radius 2 is 1.09 bits per heavy atom. The number of urea groups is 1. The summed E-state index contributed by atoms with van der Waals surface area (Å²) in [6.45, 7) is 0. The van der Waals surface area contributed by atoms with E-state index >= 15 is 0 Å². The molecule has 0 aliphatic heterocycles. The zero-order valence-corrected chi connectivity index (χ0v) is 16.8. The van der Waals surface area contributed by atoms with Crippen molar-refractivity contribution >= 4 is 28.8 Å². The van der Waals surface area contributed by atoms with Crippen molar-refractivity contribution in [1.82, 2.24) is 4.98 Å². The van der Waals surface area contributed by atoms with Gasteiger partial charge in [-0.2, -0.15) is 13.2 Å². The highest BCUT2D eigenvalue weighted by molar-refractivity contribution is 6.12. The van der Waals surface area contributed by atoms with Crippen LogP contribution in [0.4, 0.5) is 40.7 Å². The van der Waals surface area contributed by atoms with E-state index in [1.807, 2.05) is 12.1 Å². The molecule has 0 unspecified atom stereocenters. The summed E-state index contributed by atoms with van der Waals surface area (Å²) in [5.41, 5.74) is 0.798. The van der Waals surface area contributed by atoms with E-state index in [0.29, 0.717) is 17.1 Å². The molecule has 0 saturated heterocycles. The molecule has 0 N–H and O–H groups in total. The van der Waals surface area contributed by atoms with Crippen LogP contribution < -0.4 is 9.80 Å². The lowest BCUT2D eigenvalue weighted by atomic mass is 10.1. The van der Waals surface area contributed by atoms with Crippen LogP contribution in [0.5, 0.6) is 0 Å². The Balaban J connectivity index is 1.88. The Morgan fingerprint density at radius 3 is 1.62 bits per heavy atom. The zero-order chi connectivity index (χ0) is 22.6. The summed E-state index contributed by atoms with van der Waals surface area (Å²) in [5.74, 6) is 0. The Labute approximate surface area is 183 Å². The maximum Gasteiger partial charge on any atom is 0.416 e. The SMILES string of the molecule is O=C(N(c1ccccc1)c1ccccc1)N(c1ccncc1)c1cccc(C(F)(F)F)c1. The second-order valence-corrected chi connectivity index (χ2v) is 6.88. The Hall–Kier alpha value is -4.13. The zero-order valence-electron chi connectivity index (χ0n) is 16.8. The van der Waals surface area contributed by atoms with E-state index < -0.39 is 17.8 Å². The van der Waals surface area contributed by atoms with E-state index in [9.17, 15) is 18.0 Å². The lowest BCUT2D eigenvalue weighted by Gasteiger charge is -2.31. The van der Waals surface area contributed by atoms with Crippen molar-refractivity contribution in [2.75, 3.05) is 9.80 Å². The van der Waals surface area contributed by atoms with Gasteiger partial charge in [0.05, 0.1) is 28.3 Å². The van der Waals surface area contributed by atoms with Gasteiger partial charge in [0.1, 0.15) is 0 Å². The summed E-state index contributed by atoms with van der Waals surface area (Å²) in [4.78, 5) is 20.6. The van der Waals surface area contributed by atoms with Crippen molar-refractivity contribution in [1.29, 1.82) is 0 Å². The van der Waals surface area contributed by atoms with Crippen LogP contribution in [-0.4, -0.2) is 11.0 Å². The number of hydrogen-bond donors (Lipinski definition) is 0. The fourth-order valence-corrected chi connectivity index (χ4v) is 3.31. The highest BCUT2D eigenvalue weighted by Gasteiger charge is 2.33. The molecule has 4 rings (SSSR count). The van der Waals surface area contributed by atoms with Gasteiger partial charge in [-0.15, -0.1) is 0 Å². The summed E-state index contributed by atoms with van der Waals surface area (Å²) < 4.78 is 40.2. The first-order valence-electron chi connectivity index (χ1n) is 9.77. The van der Waals surface area contributed by atoms with E-state index in [1.165, 1.54) is 34.3 Å². The minimum absolute atomic E-state index is 0.0906. The number of benzene rings is 3. The minimum Gasteiger partial charge on any atom is -0.265 e. The topological polar surface area (TPSA) is 36.4 Å². The normalized spacial score (nSPS) is 11.1. The highest BCUT2D eigenvalue weighted by Crippen LogP contribution is 2.36. The fourth-order valence-electron chi connectivity index (χ4n) is 3.31. The van der Waals surface area contributed by atoms with Crippen LogP contribution in [-0.2, 0) is 6.18 Å².